The highest BCUT2D eigenvalue weighted by Gasteiger charge is 2.44. The second-order valence-corrected chi connectivity index (χ2v) is 9.00. The lowest BCUT2D eigenvalue weighted by atomic mass is 9.79. The number of ether oxygens (including phenoxy) is 5. The Labute approximate surface area is 232 Å². The Kier molecular flexibility index (Phi) is 8.47. The maximum atomic E-state index is 14.2. The maximum absolute atomic E-state index is 14.2. The van der Waals surface area contributed by atoms with Gasteiger partial charge in [0.25, 0.3) is 5.91 Å². The molecular weight excluding hydrogens is 516 g/mol. The molecule has 0 bridgehead atoms. The smallest absolute Gasteiger partial charge is 0.340 e. The van der Waals surface area contributed by atoms with E-state index in [1.54, 1.807) is 68.6 Å². The highest BCUT2D eigenvalue weighted by atomic mass is 16.5. The van der Waals surface area contributed by atoms with E-state index in [4.69, 9.17) is 23.7 Å². The van der Waals surface area contributed by atoms with Crippen LogP contribution in [0.15, 0.2) is 54.6 Å². The molecule has 1 heterocycles. The summed E-state index contributed by atoms with van der Waals surface area (Å²) in [5, 5.41) is 2.91. The number of nitrogens with zero attached hydrogens (tertiary/aromatic N) is 1. The van der Waals surface area contributed by atoms with Crippen molar-refractivity contribution in [2.24, 2.45) is 0 Å². The molecule has 0 unspecified atom stereocenters. The lowest BCUT2D eigenvalue weighted by Gasteiger charge is -2.40. The van der Waals surface area contributed by atoms with Crippen molar-refractivity contribution in [1.82, 2.24) is 4.90 Å². The molecule has 1 N–H and O–H groups in total. The molecule has 40 heavy (non-hydrogen) atoms. The zero-order chi connectivity index (χ0) is 29.0. The van der Waals surface area contributed by atoms with E-state index in [0.717, 1.165) is 0 Å². The summed E-state index contributed by atoms with van der Waals surface area (Å²) in [6.07, 6.45) is 0. The molecule has 3 aromatic carbocycles. The fourth-order valence-electron chi connectivity index (χ4n) is 4.97. The van der Waals surface area contributed by atoms with Crippen molar-refractivity contribution in [1.29, 1.82) is 0 Å². The number of hydrogen-bond donors (Lipinski definition) is 1. The fourth-order valence-corrected chi connectivity index (χ4v) is 4.97. The zero-order valence-electron chi connectivity index (χ0n) is 23.3. The minimum absolute atomic E-state index is 0.188. The number of methoxy groups -OCH3 is 4. The van der Waals surface area contributed by atoms with Crippen LogP contribution in [-0.2, 0) is 9.53 Å². The lowest BCUT2D eigenvalue weighted by molar-refractivity contribution is -0.119. The Morgan fingerprint density at radius 3 is 2.12 bits per heavy atom. The van der Waals surface area contributed by atoms with E-state index in [0.29, 0.717) is 45.4 Å². The van der Waals surface area contributed by atoms with Gasteiger partial charge in [-0.05, 0) is 54.4 Å². The van der Waals surface area contributed by atoms with E-state index in [1.165, 1.54) is 33.3 Å². The van der Waals surface area contributed by atoms with Gasteiger partial charge in [-0.15, -0.1) is 0 Å². The third-order valence-electron chi connectivity index (χ3n) is 6.89. The van der Waals surface area contributed by atoms with E-state index >= 15 is 0 Å². The Morgan fingerprint density at radius 2 is 1.48 bits per heavy atom. The number of para-hydroxylation sites is 1. The van der Waals surface area contributed by atoms with Gasteiger partial charge >= 0.3 is 5.97 Å². The van der Waals surface area contributed by atoms with Crippen LogP contribution in [0.1, 0.15) is 50.7 Å². The van der Waals surface area contributed by atoms with Gasteiger partial charge in [0, 0.05) is 12.6 Å². The quantitative estimate of drug-likeness (QED) is 0.391. The number of rotatable bonds is 9. The van der Waals surface area contributed by atoms with Crippen LogP contribution in [0, 0.1) is 0 Å². The van der Waals surface area contributed by atoms with Gasteiger partial charge in [0.15, 0.2) is 23.0 Å². The number of carbonyl (C=O) groups excluding carboxylic acids is 3. The van der Waals surface area contributed by atoms with Crippen LogP contribution < -0.4 is 24.3 Å². The van der Waals surface area contributed by atoms with Crippen LogP contribution in [0.4, 0.5) is 5.69 Å². The number of carbonyl (C=O) groups is 3. The summed E-state index contributed by atoms with van der Waals surface area (Å²) < 4.78 is 27.0. The number of amides is 2. The van der Waals surface area contributed by atoms with Gasteiger partial charge in [-0.1, -0.05) is 18.2 Å². The number of nitrogens with one attached hydrogen (secondary N) is 1. The first-order chi connectivity index (χ1) is 19.3. The molecule has 0 radical (unpaired) electrons. The zero-order valence-corrected chi connectivity index (χ0v) is 23.3. The minimum atomic E-state index is -0.911. The van der Waals surface area contributed by atoms with Gasteiger partial charge < -0.3 is 33.9 Å². The summed E-state index contributed by atoms with van der Waals surface area (Å²) in [7, 11) is 7.64. The summed E-state index contributed by atoms with van der Waals surface area (Å²) >= 11 is 0. The molecule has 2 atom stereocenters. The fraction of sp³-hybridized carbons (Fsp3) is 0.300. The predicted molar refractivity (Wildman–Crippen MR) is 148 cm³/mol. The van der Waals surface area contributed by atoms with Crippen molar-refractivity contribution in [2.45, 2.75) is 18.9 Å². The molecule has 1 aliphatic rings. The minimum Gasteiger partial charge on any atom is -0.493 e. The third kappa shape index (κ3) is 5.12. The van der Waals surface area contributed by atoms with Gasteiger partial charge in [-0.3, -0.25) is 9.59 Å². The number of likely N-dealkylation sites (N-methyl/N-ethyl adjacent to an activating group) is 1. The van der Waals surface area contributed by atoms with Gasteiger partial charge in [0.1, 0.15) is 0 Å². The number of esters is 1. The standard InChI is InChI=1S/C30H32N2O8/c1-7-40-30(35)18-10-8-9-11-21(18)31-28(33)26-19-15-24(38-5)25(39-6)16-20(19)29(34)32(2)27(26)17-12-13-22(36-3)23(14-17)37-4/h8-16,26-27H,7H2,1-6H3,(H,31,33)/t26-,27-/m0/s1. The van der Waals surface area contributed by atoms with Crippen molar-refractivity contribution < 1.29 is 38.1 Å². The molecule has 0 spiro atoms. The number of hydrogen-bond acceptors (Lipinski definition) is 8. The van der Waals surface area contributed by atoms with Crippen molar-refractivity contribution in [3.8, 4) is 23.0 Å². The Bertz CT molecular complexity index is 1440. The average Bonchev–Trinajstić information content (AvgIpc) is 2.98. The Hall–Kier alpha value is -4.73. The molecule has 0 fully saturated rings. The Balaban J connectivity index is 1.90. The first-order valence-electron chi connectivity index (χ1n) is 12.6. The third-order valence-corrected chi connectivity index (χ3v) is 6.89. The summed E-state index contributed by atoms with van der Waals surface area (Å²) in [5.74, 6) is -0.522. The monoisotopic (exact) mass is 548 g/mol. The molecule has 0 saturated carbocycles. The highest BCUT2D eigenvalue weighted by Crippen LogP contribution is 2.47. The van der Waals surface area contributed by atoms with E-state index in [9.17, 15) is 14.4 Å². The molecule has 10 nitrogen and oxygen atoms in total. The molecule has 2 amide bonds. The van der Waals surface area contributed by atoms with Crippen LogP contribution in [0.25, 0.3) is 0 Å². The molecule has 10 heteroatoms. The summed E-state index contributed by atoms with van der Waals surface area (Å²) in [5.41, 5.74) is 1.90. The SMILES string of the molecule is CCOC(=O)c1ccccc1NC(=O)[C@H]1c2cc(OC)c(OC)cc2C(=O)N(C)[C@H]1c1ccc(OC)c(OC)c1. The van der Waals surface area contributed by atoms with Crippen LogP contribution in [0.3, 0.4) is 0 Å². The van der Waals surface area contributed by atoms with Crippen molar-refractivity contribution >= 4 is 23.5 Å². The first-order valence-corrected chi connectivity index (χ1v) is 12.6. The molecule has 0 aliphatic carbocycles. The van der Waals surface area contributed by atoms with Crippen LogP contribution in [0.2, 0.25) is 0 Å². The largest absolute Gasteiger partial charge is 0.493 e. The van der Waals surface area contributed by atoms with E-state index in [2.05, 4.69) is 5.32 Å². The molecule has 1 aliphatic heterocycles. The van der Waals surface area contributed by atoms with Gasteiger partial charge in [-0.25, -0.2) is 4.79 Å². The van der Waals surface area contributed by atoms with Crippen molar-refractivity contribution in [3.63, 3.8) is 0 Å². The van der Waals surface area contributed by atoms with E-state index in [-0.39, 0.29) is 18.1 Å². The molecule has 3 aromatic rings. The van der Waals surface area contributed by atoms with Crippen LogP contribution in [-0.4, -0.2) is 64.8 Å². The topological polar surface area (TPSA) is 113 Å². The normalized spacial score (nSPS) is 16.1. The molecule has 210 valence electrons. The highest BCUT2D eigenvalue weighted by molar-refractivity contribution is 6.07. The summed E-state index contributed by atoms with van der Waals surface area (Å²) in [6, 6.07) is 14.3. The number of fused-ring (bicyclic) bond motifs is 1. The number of benzene rings is 3. The second kappa shape index (κ2) is 12.0. The van der Waals surface area contributed by atoms with Gasteiger partial charge in [-0.2, -0.15) is 0 Å². The van der Waals surface area contributed by atoms with Gasteiger partial charge in [0.05, 0.1) is 58.3 Å². The average molecular weight is 549 g/mol. The van der Waals surface area contributed by atoms with Crippen molar-refractivity contribution in [3.05, 3.63) is 76.9 Å². The van der Waals surface area contributed by atoms with Gasteiger partial charge in [0.2, 0.25) is 5.91 Å². The molecule has 4 rings (SSSR count). The molecular formula is C30H32N2O8. The Morgan fingerprint density at radius 1 is 0.850 bits per heavy atom. The lowest BCUT2D eigenvalue weighted by Crippen LogP contribution is -2.44. The van der Waals surface area contributed by atoms with E-state index < -0.39 is 23.8 Å². The molecule has 0 aromatic heterocycles. The summed E-state index contributed by atoms with van der Waals surface area (Å²) in [6.45, 7) is 1.90. The first kappa shape index (κ1) is 28.3. The second-order valence-electron chi connectivity index (χ2n) is 9.00. The molecule has 0 saturated heterocycles. The summed E-state index contributed by atoms with van der Waals surface area (Å²) in [4.78, 5) is 42.0. The van der Waals surface area contributed by atoms with Crippen molar-refractivity contribution in [2.75, 3.05) is 47.4 Å². The predicted octanol–water partition coefficient (Wildman–Crippen LogP) is 4.45. The van der Waals surface area contributed by atoms with Crippen LogP contribution >= 0.6 is 0 Å². The maximum Gasteiger partial charge on any atom is 0.340 e. The van der Waals surface area contributed by atoms with Crippen LogP contribution in [0.5, 0.6) is 23.0 Å². The van der Waals surface area contributed by atoms with E-state index in [1.807, 2.05) is 0 Å². The number of anilines is 1.